The minimum atomic E-state index is -0.356. The van der Waals surface area contributed by atoms with Crippen molar-refractivity contribution in [1.82, 2.24) is 10.3 Å². The van der Waals surface area contributed by atoms with Crippen LogP contribution < -0.4 is 15.8 Å². The smallest absolute Gasteiger partial charge is 0.255 e. The van der Waals surface area contributed by atoms with Gasteiger partial charge in [0.25, 0.3) is 5.91 Å². The largest absolute Gasteiger partial charge is 0.447 e. The standard InChI is InChI=1S/C17H14FN3O2S/c18-11-3-1-4-12(9-11)23-15-7-6-13(24-15)10-21-17(22)14-5-2-8-20-16(14)19/h1-9H,10H2,(H2,19,20)(H,21,22). The third-order valence-electron chi connectivity index (χ3n) is 3.16. The lowest BCUT2D eigenvalue weighted by Crippen LogP contribution is -2.23. The topological polar surface area (TPSA) is 77.2 Å². The molecule has 1 aromatic carbocycles. The third-order valence-corrected chi connectivity index (χ3v) is 4.12. The van der Waals surface area contributed by atoms with Gasteiger partial charge in [-0.2, -0.15) is 0 Å². The Morgan fingerprint density at radius 1 is 1.25 bits per heavy atom. The van der Waals surface area contributed by atoms with E-state index in [0.717, 1.165) is 4.88 Å². The Bertz CT molecular complexity index is 866. The van der Waals surface area contributed by atoms with Crippen LogP contribution in [0.2, 0.25) is 0 Å². The summed E-state index contributed by atoms with van der Waals surface area (Å²) < 4.78 is 18.7. The molecule has 1 amide bonds. The van der Waals surface area contributed by atoms with Crippen molar-refractivity contribution in [2.24, 2.45) is 0 Å². The minimum absolute atomic E-state index is 0.191. The maximum absolute atomic E-state index is 13.1. The second-order valence-electron chi connectivity index (χ2n) is 4.90. The number of amides is 1. The summed E-state index contributed by atoms with van der Waals surface area (Å²) in [4.78, 5) is 16.9. The van der Waals surface area contributed by atoms with Gasteiger partial charge in [-0.15, -0.1) is 11.3 Å². The Labute approximate surface area is 141 Å². The highest BCUT2D eigenvalue weighted by atomic mass is 32.1. The summed E-state index contributed by atoms with van der Waals surface area (Å²) in [7, 11) is 0. The van der Waals surface area contributed by atoms with E-state index in [1.165, 1.54) is 29.7 Å². The number of carbonyl (C=O) groups excluding carboxylic acids is 1. The number of aromatic nitrogens is 1. The Morgan fingerprint density at radius 3 is 2.92 bits per heavy atom. The molecule has 5 nitrogen and oxygen atoms in total. The maximum atomic E-state index is 13.1. The van der Waals surface area contributed by atoms with Crippen molar-refractivity contribution in [3.05, 3.63) is 71.0 Å². The predicted octanol–water partition coefficient (Wildman–Crippen LogP) is 3.59. The maximum Gasteiger partial charge on any atom is 0.255 e. The Balaban J connectivity index is 1.60. The quantitative estimate of drug-likeness (QED) is 0.742. The van der Waals surface area contributed by atoms with Gasteiger partial charge in [-0.1, -0.05) is 6.07 Å². The molecule has 0 unspecified atom stereocenters. The molecule has 0 saturated heterocycles. The molecular weight excluding hydrogens is 329 g/mol. The molecule has 0 radical (unpaired) electrons. The number of carbonyl (C=O) groups is 1. The van der Waals surface area contributed by atoms with Crippen molar-refractivity contribution in [3.63, 3.8) is 0 Å². The third kappa shape index (κ3) is 3.88. The molecule has 7 heteroatoms. The average Bonchev–Trinajstić information content (AvgIpc) is 3.00. The number of pyridine rings is 1. The first-order chi connectivity index (χ1) is 11.6. The zero-order chi connectivity index (χ0) is 16.9. The summed E-state index contributed by atoms with van der Waals surface area (Å²) in [6.45, 7) is 0.338. The van der Waals surface area contributed by atoms with Crippen LogP contribution >= 0.6 is 11.3 Å². The molecule has 0 saturated carbocycles. The van der Waals surface area contributed by atoms with Crippen LogP contribution in [0.25, 0.3) is 0 Å². The van der Waals surface area contributed by atoms with Crippen molar-refractivity contribution >= 4 is 23.1 Å². The van der Waals surface area contributed by atoms with Crippen LogP contribution in [0.15, 0.2) is 54.7 Å². The average molecular weight is 343 g/mol. The summed E-state index contributed by atoms with van der Waals surface area (Å²) in [5, 5.41) is 3.39. The van der Waals surface area contributed by atoms with Gasteiger partial charge in [0.15, 0.2) is 5.06 Å². The number of anilines is 1. The van der Waals surface area contributed by atoms with Crippen LogP contribution in [-0.2, 0) is 6.54 Å². The molecule has 3 rings (SSSR count). The van der Waals surface area contributed by atoms with Crippen LogP contribution in [0.5, 0.6) is 10.8 Å². The van der Waals surface area contributed by atoms with Gasteiger partial charge >= 0.3 is 0 Å². The van der Waals surface area contributed by atoms with Gasteiger partial charge in [-0.25, -0.2) is 9.37 Å². The van der Waals surface area contributed by atoms with Gasteiger partial charge in [0.2, 0.25) is 0 Å². The van der Waals surface area contributed by atoms with Crippen molar-refractivity contribution < 1.29 is 13.9 Å². The van der Waals surface area contributed by atoms with E-state index in [4.69, 9.17) is 10.5 Å². The van der Waals surface area contributed by atoms with E-state index in [2.05, 4.69) is 10.3 Å². The Kier molecular flexibility index (Phi) is 4.72. The highest BCUT2D eigenvalue weighted by Crippen LogP contribution is 2.29. The van der Waals surface area contributed by atoms with E-state index < -0.39 is 0 Å². The van der Waals surface area contributed by atoms with Crippen LogP contribution in [0.3, 0.4) is 0 Å². The number of nitrogens with zero attached hydrogens (tertiary/aromatic N) is 1. The number of hydrogen-bond donors (Lipinski definition) is 2. The van der Waals surface area contributed by atoms with Gasteiger partial charge in [0.05, 0.1) is 12.1 Å². The number of nitrogens with two attached hydrogens (primary N) is 1. The normalized spacial score (nSPS) is 10.4. The van der Waals surface area contributed by atoms with Gasteiger partial charge < -0.3 is 15.8 Å². The lowest BCUT2D eigenvalue weighted by Gasteiger charge is -2.05. The number of ether oxygens (including phenoxy) is 1. The fraction of sp³-hybridized carbons (Fsp3) is 0.0588. The second-order valence-corrected chi connectivity index (χ2v) is 6.03. The number of thiophene rings is 1. The lowest BCUT2D eigenvalue weighted by molar-refractivity contribution is 0.0952. The van der Waals surface area contributed by atoms with E-state index in [-0.39, 0.29) is 17.5 Å². The number of benzene rings is 1. The van der Waals surface area contributed by atoms with Gasteiger partial charge in [0, 0.05) is 17.1 Å². The van der Waals surface area contributed by atoms with E-state index >= 15 is 0 Å². The second kappa shape index (κ2) is 7.10. The molecule has 0 fully saturated rings. The van der Waals surface area contributed by atoms with Crippen molar-refractivity contribution in [3.8, 4) is 10.8 Å². The van der Waals surface area contributed by atoms with Crippen LogP contribution in [-0.4, -0.2) is 10.9 Å². The number of nitrogen functional groups attached to an aromatic ring is 1. The minimum Gasteiger partial charge on any atom is -0.447 e. The number of nitrogens with one attached hydrogen (secondary N) is 1. The summed E-state index contributed by atoms with van der Waals surface area (Å²) in [5.74, 6) is -0.0286. The molecule has 0 spiro atoms. The van der Waals surface area contributed by atoms with Crippen LogP contribution in [0, 0.1) is 5.82 Å². The number of halogens is 1. The van der Waals surface area contributed by atoms with E-state index in [9.17, 15) is 9.18 Å². The van der Waals surface area contributed by atoms with E-state index in [0.29, 0.717) is 22.9 Å². The van der Waals surface area contributed by atoms with Gasteiger partial charge in [-0.05, 0) is 36.4 Å². The Hall–Kier alpha value is -2.93. The highest BCUT2D eigenvalue weighted by Gasteiger charge is 2.10. The first kappa shape index (κ1) is 15.9. The monoisotopic (exact) mass is 343 g/mol. The van der Waals surface area contributed by atoms with Gasteiger partial charge in [0.1, 0.15) is 17.4 Å². The van der Waals surface area contributed by atoms with E-state index in [1.807, 2.05) is 6.07 Å². The molecule has 122 valence electrons. The van der Waals surface area contributed by atoms with Crippen LogP contribution in [0.1, 0.15) is 15.2 Å². The van der Waals surface area contributed by atoms with Gasteiger partial charge in [-0.3, -0.25) is 4.79 Å². The molecule has 0 bridgehead atoms. The summed E-state index contributed by atoms with van der Waals surface area (Å²) >= 11 is 1.37. The summed E-state index contributed by atoms with van der Waals surface area (Å²) in [6, 6.07) is 12.8. The lowest BCUT2D eigenvalue weighted by atomic mass is 10.2. The van der Waals surface area contributed by atoms with Crippen LogP contribution in [0.4, 0.5) is 10.2 Å². The zero-order valence-electron chi connectivity index (χ0n) is 12.5. The van der Waals surface area contributed by atoms with E-state index in [1.54, 1.807) is 30.3 Å². The molecular formula is C17H14FN3O2S. The first-order valence-electron chi connectivity index (χ1n) is 7.12. The Morgan fingerprint density at radius 2 is 2.12 bits per heavy atom. The molecule has 0 aliphatic heterocycles. The summed E-state index contributed by atoms with van der Waals surface area (Å²) in [5.41, 5.74) is 6.01. The fourth-order valence-electron chi connectivity index (χ4n) is 2.03. The molecule has 3 aromatic rings. The molecule has 0 aliphatic rings. The highest BCUT2D eigenvalue weighted by molar-refractivity contribution is 7.13. The van der Waals surface area contributed by atoms with Crippen molar-refractivity contribution in [1.29, 1.82) is 0 Å². The molecule has 2 heterocycles. The number of rotatable bonds is 5. The summed E-state index contributed by atoms with van der Waals surface area (Å²) in [6.07, 6.45) is 1.53. The predicted molar refractivity (Wildman–Crippen MR) is 90.6 cm³/mol. The SMILES string of the molecule is Nc1ncccc1C(=O)NCc1ccc(Oc2cccc(F)c2)s1. The molecule has 24 heavy (non-hydrogen) atoms. The van der Waals surface area contributed by atoms with Crippen molar-refractivity contribution in [2.75, 3.05) is 5.73 Å². The number of hydrogen-bond acceptors (Lipinski definition) is 5. The fourth-order valence-corrected chi connectivity index (χ4v) is 2.84. The molecule has 0 atom stereocenters. The molecule has 2 aromatic heterocycles. The molecule has 3 N–H and O–H groups in total. The zero-order valence-corrected chi connectivity index (χ0v) is 13.3. The van der Waals surface area contributed by atoms with Crippen molar-refractivity contribution in [2.45, 2.75) is 6.54 Å². The molecule has 0 aliphatic carbocycles. The first-order valence-corrected chi connectivity index (χ1v) is 7.94.